The highest BCUT2D eigenvalue weighted by molar-refractivity contribution is 5.88. The Balaban J connectivity index is 0.00000162. The van der Waals surface area contributed by atoms with Crippen molar-refractivity contribution in [2.24, 2.45) is 11.7 Å². The fraction of sp³-hybridized carbons (Fsp3) is 0.833. The molecule has 0 aromatic rings. The van der Waals surface area contributed by atoms with Crippen LogP contribution in [0.3, 0.4) is 0 Å². The number of halogens is 1. The average molecular weight is 276 g/mol. The minimum absolute atomic E-state index is 0. The molecule has 0 aromatic heterocycles. The fourth-order valence-corrected chi connectivity index (χ4v) is 2.91. The van der Waals surface area contributed by atoms with Crippen LogP contribution in [0.5, 0.6) is 0 Å². The van der Waals surface area contributed by atoms with Crippen LogP contribution in [0, 0.1) is 5.92 Å². The zero-order valence-electron chi connectivity index (χ0n) is 10.6. The molecule has 4 atom stereocenters. The van der Waals surface area contributed by atoms with Crippen LogP contribution in [-0.2, 0) is 9.59 Å². The number of hydrogen-bond donors (Lipinski definition) is 3. The molecule has 5 nitrogen and oxygen atoms in total. The van der Waals surface area contributed by atoms with Gasteiger partial charge in [0.2, 0.25) is 11.8 Å². The number of primary amides is 1. The van der Waals surface area contributed by atoms with Gasteiger partial charge in [-0.3, -0.25) is 9.59 Å². The van der Waals surface area contributed by atoms with Crippen LogP contribution >= 0.6 is 12.4 Å². The van der Waals surface area contributed by atoms with E-state index in [1.165, 1.54) is 25.7 Å². The Morgan fingerprint density at radius 3 is 2.61 bits per heavy atom. The molecular formula is C12H22ClN3O2. The zero-order valence-corrected chi connectivity index (χ0v) is 11.5. The van der Waals surface area contributed by atoms with E-state index in [9.17, 15) is 9.59 Å². The molecule has 1 aliphatic carbocycles. The molecule has 1 saturated heterocycles. The smallest absolute Gasteiger partial charge is 0.239 e. The third-order valence-electron chi connectivity index (χ3n) is 3.96. The third kappa shape index (κ3) is 3.36. The maximum atomic E-state index is 11.9. The van der Waals surface area contributed by atoms with Crippen molar-refractivity contribution >= 4 is 24.2 Å². The highest BCUT2D eigenvalue weighted by atomic mass is 35.5. The maximum absolute atomic E-state index is 11.9. The van der Waals surface area contributed by atoms with E-state index in [1.807, 2.05) is 0 Å². The lowest BCUT2D eigenvalue weighted by Gasteiger charge is -2.24. The summed E-state index contributed by atoms with van der Waals surface area (Å²) in [4.78, 5) is 22.8. The molecule has 0 radical (unpaired) electrons. The van der Waals surface area contributed by atoms with E-state index in [0.717, 1.165) is 6.42 Å². The van der Waals surface area contributed by atoms with Crippen LogP contribution in [-0.4, -0.2) is 29.9 Å². The largest absolute Gasteiger partial charge is 0.368 e. The first-order valence-corrected chi connectivity index (χ1v) is 6.43. The summed E-state index contributed by atoms with van der Waals surface area (Å²) >= 11 is 0. The predicted octanol–water partition coefficient (Wildman–Crippen LogP) is 0.319. The molecule has 0 aromatic carbocycles. The fourth-order valence-electron chi connectivity index (χ4n) is 2.91. The molecule has 2 rings (SSSR count). The van der Waals surface area contributed by atoms with Gasteiger partial charge in [0.25, 0.3) is 0 Å². The van der Waals surface area contributed by atoms with Gasteiger partial charge in [-0.2, -0.15) is 0 Å². The lowest BCUT2D eigenvalue weighted by atomic mass is 9.85. The van der Waals surface area contributed by atoms with Gasteiger partial charge >= 0.3 is 0 Å². The zero-order chi connectivity index (χ0) is 12.4. The first-order chi connectivity index (χ1) is 8.08. The van der Waals surface area contributed by atoms with E-state index in [4.69, 9.17) is 5.73 Å². The van der Waals surface area contributed by atoms with E-state index < -0.39 is 11.9 Å². The molecule has 0 bridgehead atoms. The number of fused-ring (bicyclic) bond motifs is 1. The van der Waals surface area contributed by atoms with Crippen molar-refractivity contribution in [3.05, 3.63) is 0 Å². The molecule has 6 heteroatoms. The minimum atomic E-state index is -0.591. The van der Waals surface area contributed by atoms with Crippen molar-refractivity contribution < 1.29 is 9.59 Å². The van der Waals surface area contributed by atoms with Crippen LogP contribution in [0.25, 0.3) is 0 Å². The van der Waals surface area contributed by atoms with Gasteiger partial charge in [0, 0.05) is 6.04 Å². The van der Waals surface area contributed by atoms with Gasteiger partial charge in [-0.05, 0) is 32.1 Å². The molecular weight excluding hydrogens is 254 g/mol. The lowest BCUT2D eigenvalue weighted by Crippen LogP contribution is -2.49. The SMILES string of the molecule is C[C@H](NC(=O)C1CC2CCCCC2N1)C(N)=O.Cl. The number of carbonyl (C=O) groups excluding carboxylic acids is 2. The van der Waals surface area contributed by atoms with Gasteiger partial charge < -0.3 is 16.4 Å². The summed E-state index contributed by atoms with van der Waals surface area (Å²) in [6.45, 7) is 1.61. The molecule has 3 unspecified atom stereocenters. The Bertz CT molecular complexity index is 310. The number of rotatable bonds is 3. The quantitative estimate of drug-likeness (QED) is 0.693. The Morgan fingerprint density at radius 1 is 1.33 bits per heavy atom. The van der Waals surface area contributed by atoms with Gasteiger partial charge in [-0.25, -0.2) is 0 Å². The summed E-state index contributed by atoms with van der Waals surface area (Å²) in [5.41, 5.74) is 5.13. The van der Waals surface area contributed by atoms with Crippen molar-refractivity contribution in [2.75, 3.05) is 0 Å². The third-order valence-corrected chi connectivity index (χ3v) is 3.96. The Kier molecular flexibility index (Phi) is 5.41. The molecule has 4 N–H and O–H groups in total. The van der Waals surface area contributed by atoms with E-state index in [2.05, 4.69) is 10.6 Å². The molecule has 2 aliphatic rings. The summed E-state index contributed by atoms with van der Waals surface area (Å²) < 4.78 is 0. The summed E-state index contributed by atoms with van der Waals surface area (Å²) in [6, 6.07) is -0.250. The predicted molar refractivity (Wildman–Crippen MR) is 71.3 cm³/mol. The number of nitrogens with one attached hydrogen (secondary N) is 2. The first-order valence-electron chi connectivity index (χ1n) is 6.43. The van der Waals surface area contributed by atoms with E-state index in [-0.39, 0.29) is 24.4 Å². The van der Waals surface area contributed by atoms with E-state index >= 15 is 0 Å². The van der Waals surface area contributed by atoms with Gasteiger partial charge in [0.15, 0.2) is 0 Å². The second-order valence-corrected chi connectivity index (χ2v) is 5.24. The Hall–Kier alpha value is -0.810. The topological polar surface area (TPSA) is 84.2 Å². The lowest BCUT2D eigenvalue weighted by molar-refractivity contribution is -0.128. The normalized spacial score (nSPS) is 31.9. The standard InChI is InChI=1S/C12H21N3O2.ClH/c1-7(11(13)16)14-12(17)10-6-8-4-2-3-5-9(8)15-10;/h7-10,15H,2-6H2,1H3,(H2,13,16)(H,14,17);1H/t7-,8?,9?,10?;/m0./s1. The Labute approximate surface area is 114 Å². The number of amides is 2. The summed E-state index contributed by atoms with van der Waals surface area (Å²) in [5.74, 6) is 0.0443. The van der Waals surface area contributed by atoms with Crippen LogP contribution < -0.4 is 16.4 Å². The molecule has 2 fully saturated rings. The molecule has 1 saturated carbocycles. The van der Waals surface area contributed by atoms with Crippen molar-refractivity contribution in [1.82, 2.24) is 10.6 Å². The molecule has 2 amide bonds. The molecule has 1 heterocycles. The van der Waals surface area contributed by atoms with Crippen LogP contribution in [0.15, 0.2) is 0 Å². The highest BCUT2D eigenvalue weighted by Crippen LogP contribution is 2.33. The maximum Gasteiger partial charge on any atom is 0.239 e. The van der Waals surface area contributed by atoms with Crippen LogP contribution in [0.4, 0.5) is 0 Å². The number of hydrogen-bond acceptors (Lipinski definition) is 3. The van der Waals surface area contributed by atoms with Gasteiger partial charge in [0.1, 0.15) is 6.04 Å². The summed E-state index contributed by atoms with van der Waals surface area (Å²) in [7, 11) is 0. The number of carbonyl (C=O) groups is 2. The molecule has 104 valence electrons. The van der Waals surface area contributed by atoms with Crippen molar-refractivity contribution in [1.29, 1.82) is 0 Å². The first kappa shape index (κ1) is 15.2. The Morgan fingerprint density at radius 2 is 2.00 bits per heavy atom. The summed E-state index contributed by atoms with van der Waals surface area (Å²) in [5, 5.41) is 6.03. The van der Waals surface area contributed by atoms with E-state index in [1.54, 1.807) is 6.92 Å². The van der Waals surface area contributed by atoms with Gasteiger partial charge in [-0.15, -0.1) is 12.4 Å². The minimum Gasteiger partial charge on any atom is -0.368 e. The monoisotopic (exact) mass is 275 g/mol. The second-order valence-electron chi connectivity index (χ2n) is 5.24. The van der Waals surface area contributed by atoms with Crippen LogP contribution in [0.1, 0.15) is 39.0 Å². The van der Waals surface area contributed by atoms with Crippen molar-refractivity contribution in [3.63, 3.8) is 0 Å². The van der Waals surface area contributed by atoms with Gasteiger partial charge in [-0.1, -0.05) is 12.8 Å². The second kappa shape index (κ2) is 6.38. The van der Waals surface area contributed by atoms with Gasteiger partial charge in [0.05, 0.1) is 6.04 Å². The van der Waals surface area contributed by atoms with Crippen LogP contribution in [0.2, 0.25) is 0 Å². The van der Waals surface area contributed by atoms with Crippen molar-refractivity contribution in [3.8, 4) is 0 Å². The molecule has 1 aliphatic heterocycles. The molecule has 18 heavy (non-hydrogen) atoms. The molecule has 0 spiro atoms. The summed E-state index contributed by atoms with van der Waals surface area (Å²) in [6.07, 6.45) is 5.80. The average Bonchev–Trinajstić information content (AvgIpc) is 2.72. The van der Waals surface area contributed by atoms with Crippen molar-refractivity contribution in [2.45, 2.75) is 57.2 Å². The highest BCUT2D eigenvalue weighted by Gasteiger charge is 2.38. The number of nitrogens with two attached hydrogens (primary N) is 1. The van der Waals surface area contributed by atoms with E-state index in [0.29, 0.717) is 12.0 Å².